The number of Topliss-reactive ketones (excluding diaryl/α,β-unsaturated/α-hetero) is 2. The Balaban J connectivity index is 2.07. The highest BCUT2D eigenvalue weighted by Crippen LogP contribution is 2.27. The van der Waals surface area contributed by atoms with Crippen molar-refractivity contribution in [3.05, 3.63) is 34.9 Å². The number of carbonyl (C=O) groups excluding carboxylic acids is 2. The van der Waals surface area contributed by atoms with Gasteiger partial charge in [-0.05, 0) is 39.3 Å². The van der Waals surface area contributed by atoms with Crippen LogP contribution >= 0.6 is 11.6 Å². The molecule has 0 aromatic heterocycles. The average Bonchev–Trinajstić information content (AvgIpc) is 2.45. The lowest BCUT2D eigenvalue weighted by Crippen LogP contribution is -2.41. The monoisotopic (exact) mass is 324 g/mol. The van der Waals surface area contributed by atoms with Gasteiger partial charge in [-0.25, -0.2) is 0 Å². The van der Waals surface area contributed by atoms with Gasteiger partial charge in [-0.15, -0.1) is 0 Å². The van der Waals surface area contributed by atoms with Gasteiger partial charge < -0.3 is 9.47 Å². The third-order valence-electron chi connectivity index (χ3n) is 3.82. The molecule has 5 heteroatoms. The predicted molar refractivity (Wildman–Crippen MR) is 84.0 cm³/mol. The van der Waals surface area contributed by atoms with E-state index < -0.39 is 11.7 Å². The maximum absolute atomic E-state index is 12.6. The lowest BCUT2D eigenvalue weighted by molar-refractivity contribution is -0.263. The van der Waals surface area contributed by atoms with Crippen LogP contribution in [0.4, 0.5) is 0 Å². The molecule has 22 heavy (non-hydrogen) atoms. The van der Waals surface area contributed by atoms with E-state index in [1.54, 1.807) is 24.3 Å². The molecule has 1 saturated heterocycles. The van der Waals surface area contributed by atoms with Crippen LogP contribution in [0, 0.1) is 11.8 Å². The molecule has 0 radical (unpaired) electrons. The van der Waals surface area contributed by atoms with Crippen molar-refractivity contribution in [3.8, 4) is 0 Å². The molecule has 0 N–H and O–H groups in total. The third-order valence-corrected chi connectivity index (χ3v) is 4.05. The summed E-state index contributed by atoms with van der Waals surface area (Å²) in [5, 5.41) is 0.485. The van der Waals surface area contributed by atoms with Crippen molar-refractivity contribution in [1.29, 1.82) is 0 Å². The maximum atomic E-state index is 12.6. The van der Waals surface area contributed by atoms with Crippen molar-refractivity contribution >= 4 is 23.2 Å². The molecule has 1 fully saturated rings. The van der Waals surface area contributed by atoms with Crippen LogP contribution < -0.4 is 0 Å². The molecule has 2 rings (SSSR count). The summed E-state index contributed by atoms with van der Waals surface area (Å²) in [6.45, 7) is 6.12. The summed E-state index contributed by atoms with van der Waals surface area (Å²) < 4.78 is 11.2. The fraction of sp³-hybridized carbons (Fsp3) is 0.529. The molecule has 1 aromatic carbocycles. The summed E-state index contributed by atoms with van der Waals surface area (Å²) in [6.07, 6.45) is 0.427. The second-order valence-electron chi connectivity index (χ2n) is 6.16. The van der Waals surface area contributed by atoms with Crippen LogP contribution in [-0.2, 0) is 14.3 Å². The lowest BCUT2D eigenvalue weighted by Gasteiger charge is -2.35. The van der Waals surface area contributed by atoms with E-state index in [-0.39, 0.29) is 17.5 Å². The van der Waals surface area contributed by atoms with E-state index in [4.69, 9.17) is 21.1 Å². The zero-order valence-corrected chi connectivity index (χ0v) is 13.9. The first-order valence-corrected chi connectivity index (χ1v) is 7.74. The molecule has 1 unspecified atom stereocenters. The Hall–Kier alpha value is -1.23. The van der Waals surface area contributed by atoms with Gasteiger partial charge in [0.15, 0.2) is 11.6 Å². The van der Waals surface area contributed by atoms with Crippen molar-refractivity contribution in [2.45, 2.75) is 33.0 Å². The van der Waals surface area contributed by atoms with Crippen LogP contribution in [0.3, 0.4) is 0 Å². The second-order valence-corrected chi connectivity index (χ2v) is 6.60. The first-order valence-electron chi connectivity index (χ1n) is 7.36. The molecule has 0 saturated carbocycles. The molecule has 1 heterocycles. The number of rotatable bonds is 5. The summed E-state index contributed by atoms with van der Waals surface area (Å²) in [5.41, 5.74) is 0.464. The topological polar surface area (TPSA) is 52.6 Å². The molecule has 0 amide bonds. The van der Waals surface area contributed by atoms with Gasteiger partial charge in [0.2, 0.25) is 0 Å². The number of halogens is 1. The van der Waals surface area contributed by atoms with Crippen LogP contribution in [0.2, 0.25) is 5.02 Å². The quantitative estimate of drug-likeness (QED) is 0.614. The first kappa shape index (κ1) is 17.1. The number of hydrogen-bond acceptors (Lipinski definition) is 4. The van der Waals surface area contributed by atoms with Crippen molar-refractivity contribution in [2.75, 3.05) is 13.2 Å². The van der Waals surface area contributed by atoms with Crippen molar-refractivity contribution in [2.24, 2.45) is 11.8 Å². The highest BCUT2D eigenvalue weighted by molar-refractivity contribution is 6.31. The molecule has 0 bridgehead atoms. The molecule has 1 atom stereocenters. The fourth-order valence-corrected chi connectivity index (χ4v) is 2.69. The van der Waals surface area contributed by atoms with E-state index in [1.807, 2.05) is 13.8 Å². The Morgan fingerprint density at radius 3 is 2.50 bits per heavy atom. The van der Waals surface area contributed by atoms with Gasteiger partial charge in [0, 0.05) is 16.5 Å². The largest absolute Gasteiger partial charge is 0.350 e. The number of benzene rings is 1. The summed E-state index contributed by atoms with van der Waals surface area (Å²) >= 11 is 5.92. The third kappa shape index (κ3) is 4.38. The molecule has 1 aliphatic rings. The highest BCUT2D eigenvalue weighted by Gasteiger charge is 2.33. The van der Waals surface area contributed by atoms with Gasteiger partial charge in [0.05, 0.1) is 19.1 Å². The predicted octanol–water partition coefficient (Wildman–Crippen LogP) is 3.52. The Labute approximate surface area is 135 Å². The van der Waals surface area contributed by atoms with E-state index in [0.717, 1.165) is 0 Å². The normalized spacial score (nSPS) is 19.6. The molecule has 120 valence electrons. The van der Waals surface area contributed by atoms with Gasteiger partial charge in [0.1, 0.15) is 5.78 Å². The second kappa shape index (κ2) is 6.90. The fourth-order valence-electron chi connectivity index (χ4n) is 2.50. The number of ketones is 2. The van der Waals surface area contributed by atoms with Crippen molar-refractivity contribution in [1.82, 2.24) is 0 Å². The Kier molecular flexibility index (Phi) is 5.37. The van der Waals surface area contributed by atoms with Crippen LogP contribution in [-0.4, -0.2) is 30.6 Å². The maximum Gasteiger partial charge on any atom is 0.173 e. The smallest absolute Gasteiger partial charge is 0.173 e. The van der Waals surface area contributed by atoms with Gasteiger partial charge in [-0.3, -0.25) is 9.59 Å². The zero-order chi connectivity index (χ0) is 16.3. The summed E-state index contributed by atoms with van der Waals surface area (Å²) in [4.78, 5) is 24.5. The van der Waals surface area contributed by atoms with Crippen LogP contribution in [0.1, 0.15) is 37.6 Å². The average molecular weight is 325 g/mol. The number of hydrogen-bond donors (Lipinski definition) is 0. The molecule has 0 spiro atoms. The molecular weight excluding hydrogens is 304 g/mol. The molecule has 1 aromatic rings. The molecule has 4 nitrogen and oxygen atoms in total. The van der Waals surface area contributed by atoms with Gasteiger partial charge >= 0.3 is 0 Å². The van der Waals surface area contributed by atoms with E-state index in [0.29, 0.717) is 30.2 Å². The van der Waals surface area contributed by atoms with E-state index in [2.05, 4.69) is 0 Å². The van der Waals surface area contributed by atoms with Crippen molar-refractivity contribution in [3.63, 3.8) is 0 Å². The summed E-state index contributed by atoms with van der Waals surface area (Å²) in [7, 11) is 0. The minimum absolute atomic E-state index is 0.0325. The highest BCUT2D eigenvalue weighted by atomic mass is 35.5. The van der Waals surface area contributed by atoms with Crippen LogP contribution in [0.5, 0.6) is 0 Å². The molecule has 1 aliphatic heterocycles. The standard InChI is InChI=1S/C17H21ClO4/c1-11(19)15(7-12-9-21-17(2,3)22-10-12)16(20)13-5-4-6-14(18)8-13/h4-6,8,12,15H,7,9-10H2,1-3H3. The number of carbonyl (C=O) groups is 2. The number of ether oxygens (including phenoxy) is 2. The van der Waals surface area contributed by atoms with Crippen LogP contribution in [0.25, 0.3) is 0 Å². The first-order chi connectivity index (χ1) is 10.3. The summed E-state index contributed by atoms with van der Waals surface area (Å²) in [5.74, 6) is -1.59. The van der Waals surface area contributed by atoms with Gasteiger partial charge in [-0.2, -0.15) is 0 Å². The van der Waals surface area contributed by atoms with Crippen molar-refractivity contribution < 1.29 is 19.1 Å². The minimum Gasteiger partial charge on any atom is -0.350 e. The van der Waals surface area contributed by atoms with E-state index in [1.165, 1.54) is 6.92 Å². The van der Waals surface area contributed by atoms with Crippen LogP contribution in [0.15, 0.2) is 24.3 Å². The SMILES string of the molecule is CC(=O)C(CC1COC(C)(C)OC1)C(=O)c1cccc(Cl)c1. The Morgan fingerprint density at radius 1 is 1.32 bits per heavy atom. The Bertz CT molecular complexity index is 558. The van der Waals surface area contributed by atoms with Gasteiger partial charge in [0.25, 0.3) is 0 Å². The minimum atomic E-state index is -0.683. The van der Waals surface area contributed by atoms with Gasteiger partial charge in [-0.1, -0.05) is 23.7 Å². The molecule has 0 aliphatic carbocycles. The van der Waals surface area contributed by atoms with E-state index >= 15 is 0 Å². The summed E-state index contributed by atoms with van der Waals surface area (Å²) in [6, 6.07) is 6.69. The lowest BCUT2D eigenvalue weighted by atomic mass is 9.86. The zero-order valence-electron chi connectivity index (χ0n) is 13.1. The molecular formula is C17H21ClO4. The van der Waals surface area contributed by atoms with E-state index in [9.17, 15) is 9.59 Å². The Morgan fingerprint density at radius 2 is 1.95 bits per heavy atom.